The predicted octanol–water partition coefficient (Wildman–Crippen LogP) is 5.14. The Labute approximate surface area is 284 Å². The molecular weight excluding hydrogens is 607 g/mol. The lowest BCUT2D eigenvalue weighted by Crippen LogP contribution is -2.56. The molecule has 3 amide bonds. The Morgan fingerprint density at radius 3 is 1.90 bits per heavy atom. The Kier molecular flexibility index (Phi) is 13.2. The van der Waals surface area contributed by atoms with Crippen molar-refractivity contribution < 1.29 is 23.9 Å². The molecule has 3 aromatic carbocycles. The molecule has 0 aliphatic heterocycles. The average Bonchev–Trinajstić information content (AvgIpc) is 3.04. The molecule has 258 valence electrons. The summed E-state index contributed by atoms with van der Waals surface area (Å²) in [6.07, 6.45) is 2.33. The van der Waals surface area contributed by atoms with Crippen molar-refractivity contribution >= 4 is 17.7 Å². The minimum atomic E-state index is -0.973. The standard InChI is InChI=1S/C39H51FN4O4/c1-27(24-39(4,5)41)21-35(46)43(6)34(23-28-13-17-31(18-14-28)30-11-9-8-10-12-30)37(48)44(7)33(22-29-15-19-32(40)20-16-29)36(47)42-25-38(2,3)26-45/h8-21,33-34,45H,22-26,41H2,1-7H3,(H,42,47)/t33-,34-/m1/s1. The lowest BCUT2D eigenvalue weighted by molar-refractivity contribution is -0.146. The monoisotopic (exact) mass is 658 g/mol. The second-order valence-electron chi connectivity index (χ2n) is 14.2. The number of carbonyl (C=O) groups excluding carboxylic acids is 3. The molecule has 0 aliphatic carbocycles. The smallest absolute Gasteiger partial charge is 0.246 e. The fourth-order valence-corrected chi connectivity index (χ4v) is 5.45. The van der Waals surface area contributed by atoms with Crippen LogP contribution >= 0.6 is 0 Å². The minimum Gasteiger partial charge on any atom is -0.396 e. The predicted molar refractivity (Wildman–Crippen MR) is 189 cm³/mol. The van der Waals surface area contributed by atoms with Crippen LogP contribution in [0.5, 0.6) is 0 Å². The number of amides is 3. The Morgan fingerprint density at radius 1 is 0.833 bits per heavy atom. The summed E-state index contributed by atoms with van der Waals surface area (Å²) >= 11 is 0. The Balaban J connectivity index is 1.98. The summed E-state index contributed by atoms with van der Waals surface area (Å²) in [4.78, 5) is 44.5. The number of rotatable bonds is 15. The molecule has 0 saturated heterocycles. The number of aliphatic hydroxyl groups is 1. The minimum absolute atomic E-state index is 0.120. The molecular formula is C39H51FN4O4. The molecule has 0 fully saturated rings. The van der Waals surface area contributed by atoms with Gasteiger partial charge in [0.2, 0.25) is 17.7 Å². The lowest BCUT2D eigenvalue weighted by Gasteiger charge is -2.35. The van der Waals surface area contributed by atoms with Crippen LogP contribution in [-0.2, 0) is 27.2 Å². The Hall–Kier alpha value is -4.34. The van der Waals surface area contributed by atoms with E-state index in [9.17, 15) is 23.9 Å². The Bertz CT molecular complexity index is 1550. The van der Waals surface area contributed by atoms with Crippen LogP contribution in [0.4, 0.5) is 4.39 Å². The van der Waals surface area contributed by atoms with Crippen LogP contribution in [0.3, 0.4) is 0 Å². The molecule has 8 nitrogen and oxygen atoms in total. The number of likely N-dealkylation sites (N-methyl/N-ethyl adjacent to an activating group) is 2. The normalized spacial score (nSPS) is 13.4. The van der Waals surface area contributed by atoms with Crippen molar-refractivity contribution in [3.63, 3.8) is 0 Å². The van der Waals surface area contributed by atoms with Gasteiger partial charge in [-0.25, -0.2) is 4.39 Å². The van der Waals surface area contributed by atoms with Gasteiger partial charge in [-0.1, -0.05) is 86.2 Å². The maximum atomic E-state index is 14.5. The first-order valence-electron chi connectivity index (χ1n) is 16.3. The van der Waals surface area contributed by atoms with E-state index in [0.717, 1.165) is 22.3 Å². The number of carbonyl (C=O) groups is 3. The Morgan fingerprint density at radius 2 is 1.35 bits per heavy atom. The van der Waals surface area contributed by atoms with E-state index in [-0.39, 0.29) is 31.9 Å². The summed E-state index contributed by atoms with van der Waals surface area (Å²) in [5.74, 6) is -1.60. The highest BCUT2D eigenvalue weighted by Crippen LogP contribution is 2.22. The summed E-state index contributed by atoms with van der Waals surface area (Å²) in [5.41, 5.74) is 9.47. The molecule has 0 radical (unpaired) electrons. The highest BCUT2D eigenvalue weighted by molar-refractivity contribution is 5.95. The van der Waals surface area contributed by atoms with E-state index in [4.69, 9.17) is 5.73 Å². The van der Waals surface area contributed by atoms with Gasteiger partial charge in [0.25, 0.3) is 0 Å². The maximum absolute atomic E-state index is 14.5. The van der Waals surface area contributed by atoms with Crippen LogP contribution in [0.25, 0.3) is 11.1 Å². The second-order valence-corrected chi connectivity index (χ2v) is 14.2. The van der Waals surface area contributed by atoms with Crippen LogP contribution in [0, 0.1) is 11.2 Å². The average molecular weight is 659 g/mol. The van der Waals surface area contributed by atoms with E-state index in [0.29, 0.717) is 12.0 Å². The zero-order valence-corrected chi connectivity index (χ0v) is 29.3. The van der Waals surface area contributed by atoms with Crippen molar-refractivity contribution in [3.05, 3.63) is 107 Å². The first-order valence-corrected chi connectivity index (χ1v) is 16.3. The largest absolute Gasteiger partial charge is 0.396 e. The van der Waals surface area contributed by atoms with Gasteiger partial charge in [0.05, 0.1) is 0 Å². The molecule has 0 spiro atoms. The van der Waals surface area contributed by atoms with Crippen molar-refractivity contribution in [2.45, 2.75) is 71.5 Å². The molecule has 0 saturated carbocycles. The number of halogens is 1. The molecule has 3 aromatic rings. The molecule has 0 unspecified atom stereocenters. The quantitative estimate of drug-likeness (QED) is 0.196. The third-order valence-corrected chi connectivity index (χ3v) is 8.32. The summed E-state index contributed by atoms with van der Waals surface area (Å²) in [5, 5.41) is 12.6. The first-order chi connectivity index (χ1) is 22.5. The number of nitrogens with one attached hydrogen (secondary N) is 1. The van der Waals surface area contributed by atoms with Gasteiger partial charge in [-0.3, -0.25) is 14.4 Å². The number of nitrogens with zero attached hydrogens (tertiary/aromatic N) is 2. The second kappa shape index (κ2) is 16.7. The first kappa shape index (κ1) is 38.1. The third kappa shape index (κ3) is 11.4. The van der Waals surface area contributed by atoms with Crippen molar-refractivity contribution in [1.82, 2.24) is 15.1 Å². The highest BCUT2D eigenvalue weighted by Gasteiger charge is 2.35. The summed E-state index contributed by atoms with van der Waals surface area (Å²) in [7, 11) is 3.14. The van der Waals surface area contributed by atoms with Crippen molar-refractivity contribution in [3.8, 4) is 11.1 Å². The van der Waals surface area contributed by atoms with E-state index in [1.54, 1.807) is 26.2 Å². The van der Waals surface area contributed by atoms with Crippen molar-refractivity contribution in [1.29, 1.82) is 0 Å². The van der Waals surface area contributed by atoms with E-state index in [2.05, 4.69) is 5.32 Å². The maximum Gasteiger partial charge on any atom is 0.246 e. The van der Waals surface area contributed by atoms with Crippen LogP contribution in [0.1, 0.15) is 52.2 Å². The van der Waals surface area contributed by atoms with E-state index in [1.165, 1.54) is 28.0 Å². The molecule has 0 bridgehead atoms. The fraction of sp³-hybridized carbons (Fsp3) is 0.410. The van der Waals surface area contributed by atoms with Crippen LogP contribution in [0.2, 0.25) is 0 Å². The summed E-state index contributed by atoms with van der Waals surface area (Å²) in [6.45, 7) is 9.27. The van der Waals surface area contributed by atoms with Gasteiger partial charge in [0.1, 0.15) is 17.9 Å². The van der Waals surface area contributed by atoms with Gasteiger partial charge >= 0.3 is 0 Å². The topological polar surface area (TPSA) is 116 Å². The summed E-state index contributed by atoms with van der Waals surface area (Å²) < 4.78 is 13.7. The molecule has 2 atom stereocenters. The van der Waals surface area contributed by atoms with Gasteiger partial charge in [0.15, 0.2) is 0 Å². The van der Waals surface area contributed by atoms with Crippen LogP contribution in [-0.4, -0.2) is 77.5 Å². The molecule has 9 heteroatoms. The van der Waals surface area contributed by atoms with Crippen LogP contribution < -0.4 is 11.1 Å². The molecule has 48 heavy (non-hydrogen) atoms. The van der Waals surface area contributed by atoms with E-state index < -0.39 is 40.7 Å². The van der Waals surface area contributed by atoms with Gasteiger partial charge in [-0.05, 0) is 61.6 Å². The molecule has 0 heterocycles. The van der Waals surface area contributed by atoms with Gasteiger partial charge in [0, 0.05) is 57.1 Å². The molecule has 0 aliphatic rings. The van der Waals surface area contributed by atoms with Crippen molar-refractivity contribution in [2.75, 3.05) is 27.2 Å². The van der Waals surface area contributed by atoms with Gasteiger partial charge in [-0.2, -0.15) is 0 Å². The zero-order valence-electron chi connectivity index (χ0n) is 29.3. The third-order valence-electron chi connectivity index (χ3n) is 8.32. The lowest BCUT2D eigenvalue weighted by atomic mass is 9.94. The summed E-state index contributed by atoms with van der Waals surface area (Å²) in [6, 6.07) is 21.7. The molecule has 0 aromatic heterocycles. The molecule has 4 N–H and O–H groups in total. The number of hydrogen-bond donors (Lipinski definition) is 3. The number of nitrogens with two attached hydrogens (primary N) is 1. The molecule has 3 rings (SSSR count). The fourth-order valence-electron chi connectivity index (χ4n) is 5.45. The number of benzene rings is 3. The SMILES string of the molecule is CC(=CC(=O)N(C)[C@H](Cc1ccc(-c2ccccc2)cc1)C(=O)N(C)[C@H](Cc1ccc(F)cc1)C(=O)NCC(C)(C)CO)CC(C)(C)N. The number of aliphatic hydroxyl groups excluding tert-OH is 1. The zero-order chi connectivity index (χ0) is 35.6. The van der Waals surface area contributed by atoms with Gasteiger partial charge in [-0.15, -0.1) is 0 Å². The van der Waals surface area contributed by atoms with Crippen LogP contribution in [0.15, 0.2) is 90.5 Å². The van der Waals surface area contributed by atoms with E-state index in [1.807, 2.05) is 89.2 Å². The van der Waals surface area contributed by atoms with E-state index >= 15 is 0 Å². The van der Waals surface area contributed by atoms with Crippen molar-refractivity contribution in [2.24, 2.45) is 11.1 Å². The van der Waals surface area contributed by atoms with Gasteiger partial charge < -0.3 is 26.0 Å². The highest BCUT2D eigenvalue weighted by atomic mass is 19.1. The number of hydrogen-bond acceptors (Lipinski definition) is 5.